The number of benzene rings is 1. The van der Waals surface area contributed by atoms with Gasteiger partial charge in [-0.2, -0.15) is 0 Å². The van der Waals surface area contributed by atoms with Crippen molar-refractivity contribution in [3.8, 4) is 0 Å². The standard InChI is InChI=1S/C23H29N3O2/c1-15(2)24-23(28)20-12-18-10-11-19(14-25(4)5)22(27)21(18)26(20)13-17-8-6-16(3)7-9-17/h6-9,12,14-15H,10-11,13H2,1-5H3,(H,24,28)/b19-14+. The monoisotopic (exact) mass is 379 g/mol. The second-order valence-electron chi connectivity index (χ2n) is 8.05. The molecule has 5 heteroatoms. The molecule has 0 spiro atoms. The zero-order valence-electron chi connectivity index (χ0n) is 17.4. The summed E-state index contributed by atoms with van der Waals surface area (Å²) in [5, 5.41) is 2.97. The van der Waals surface area contributed by atoms with E-state index in [9.17, 15) is 9.59 Å². The molecule has 0 radical (unpaired) electrons. The third-order valence-corrected chi connectivity index (χ3v) is 4.87. The Morgan fingerprint density at radius 1 is 1.21 bits per heavy atom. The van der Waals surface area contributed by atoms with Crippen molar-refractivity contribution in [3.63, 3.8) is 0 Å². The molecule has 3 rings (SSSR count). The predicted octanol–water partition coefficient (Wildman–Crippen LogP) is 3.56. The average Bonchev–Trinajstić information content (AvgIpc) is 2.98. The lowest BCUT2D eigenvalue weighted by Gasteiger charge is -2.20. The zero-order chi connectivity index (χ0) is 20.4. The second kappa shape index (κ2) is 8.05. The maximum atomic E-state index is 13.2. The summed E-state index contributed by atoms with van der Waals surface area (Å²) >= 11 is 0. The van der Waals surface area contributed by atoms with Crippen LogP contribution in [0, 0.1) is 6.92 Å². The normalized spacial score (nSPS) is 15.1. The molecule has 0 aliphatic heterocycles. The van der Waals surface area contributed by atoms with Crippen LogP contribution in [0.25, 0.3) is 0 Å². The number of carbonyl (C=O) groups is 2. The summed E-state index contributed by atoms with van der Waals surface area (Å²) < 4.78 is 1.89. The van der Waals surface area contributed by atoms with E-state index in [0.717, 1.165) is 23.1 Å². The molecule has 28 heavy (non-hydrogen) atoms. The number of ketones is 1. The van der Waals surface area contributed by atoms with Crippen LogP contribution in [0.4, 0.5) is 0 Å². The van der Waals surface area contributed by atoms with Crippen molar-refractivity contribution in [1.82, 2.24) is 14.8 Å². The summed E-state index contributed by atoms with van der Waals surface area (Å²) in [6.07, 6.45) is 3.36. The largest absolute Gasteiger partial charge is 0.383 e. The first-order valence-corrected chi connectivity index (χ1v) is 9.77. The smallest absolute Gasteiger partial charge is 0.268 e. The van der Waals surface area contributed by atoms with E-state index < -0.39 is 0 Å². The third kappa shape index (κ3) is 4.19. The maximum Gasteiger partial charge on any atom is 0.268 e. The van der Waals surface area contributed by atoms with Crippen molar-refractivity contribution in [2.45, 2.75) is 46.2 Å². The van der Waals surface area contributed by atoms with Crippen LogP contribution in [0.3, 0.4) is 0 Å². The van der Waals surface area contributed by atoms with Crippen LogP contribution in [0.5, 0.6) is 0 Å². The van der Waals surface area contributed by atoms with Gasteiger partial charge in [-0.05, 0) is 50.8 Å². The summed E-state index contributed by atoms with van der Waals surface area (Å²) in [6.45, 7) is 6.42. The van der Waals surface area contributed by atoms with Crippen molar-refractivity contribution < 1.29 is 9.59 Å². The zero-order valence-corrected chi connectivity index (χ0v) is 17.4. The molecule has 1 aliphatic rings. The van der Waals surface area contributed by atoms with Gasteiger partial charge in [0.05, 0.1) is 5.69 Å². The highest BCUT2D eigenvalue weighted by Gasteiger charge is 2.30. The van der Waals surface area contributed by atoms with Gasteiger partial charge >= 0.3 is 0 Å². The highest BCUT2D eigenvalue weighted by atomic mass is 16.2. The number of aryl methyl sites for hydroxylation is 2. The highest BCUT2D eigenvalue weighted by molar-refractivity contribution is 6.11. The van der Waals surface area contributed by atoms with E-state index in [1.807, 2.05) is 56.6 Å². The molecule has 0 saturated carbocycles. The first-order valence-electron chi connectivity index (χ1n) is 9.77. The van der Waals surface area contributed by atoms with Crippen LogP contribution < -0.4 is 5.32 Å². The Labute approximate surface area is 167 Å². The van der Waals surface area contributed by atoms with E-state index in [1.165, 1.54) is 5.56 Å². The fraction of sp³-hybridized carbons (Fsp3) is 0.391. The van der Waals surface area contributed by atoms with Gasteiger partial charge < -0.3 is 14.8 Å². The van der Waals surface area contributed by atoms with Crippen LogP contribution in [-0.2, 0) is 13.0 Å². The number of fused-ring (bicyclic) bond motifs is 1. The minimum Gasteiger partial charge on any atom is -0.383 e. The van der Waals surface area contributed by atoms with Crippen LogP contribution in [-0.4, -0.2) is 41.3 Å². The molecule has 1 aliphatic carbocycles. The van der Waals surface area contributed by atoms with Gasteiger partial charge in [-0.15, -0.1) is 0 Å². The number of Topliss-reactive ketones (excluding diaryl/α,β-unsaturated/α-hetero) is 1. The third-order valence-electron chi connectivity index (χ3n) is 4.87. The number of nitrogens with one attached hydrogen (secondary N) is 1. The molecular formula is C23H29N3O2. The first-order chi connectivity index (χ1) is 13.3. The molecule has 148 valence electrons. The Bertz CT molecular complexity index is 918. The van der Waals surface area contributed by atoms with Crippen LogP contribution in [0.2, 0.25) is 0 Å². The lowest BCUT2D eigenvalue weighted by atomic mass is 9.92. The summed E-state index contributed by atoms with van der Waals surface area (Å²) in [5.41, 5.74) is 5.20. The second-order valence-corrected chi connectivity index (χ2v) is 8.05. The van der Waals surface area contributed by atoms with Crippen LogP contribution in [0.15, 0.2) is 42.1 Å². The summed E-state index contributed by atoms with van der Waals surface area (Å²) in [6, 6.07) is 10.1. The Morgan fingerprint density at radius 2 is 1.89 bits per heavy atom. The molecule has 1 aromatic carbocycles. The van der Waals surface area contributed by atoms with Gasteiger partial charge in [0.15, 0.2) is 0 Å². The fourth-order valence-electron chi connectivity index (χ4n) is 3.60. The number of allylic oxidation sites excluding steroid dienone is 1. The molecule has 5 nitrogen and oxygen atoms in total. The molecule has 0 saturated heterocycles. The Hall–Kier alpha value is -2.82. The molecule has 0 unspecified atom stereocenters. The molecule has 0 fully saturated rings. The van der Waals surface area contributed by atoms with Crippen LogP contribution >= 0.6 is 0 Å². The van der Waals surface area contributed by atoms with Gasteiger partial charge in [0, 0.05) is 38.5 Å². The van der Waals surface area contributed by atoms with E-state index in [2.05, 4.69) is 29.6 Å². The number of hydrogen-bond donors (Lipinski definition) is 1. The number of nitrogens with zero attached hydrogens (tertiary/aromatic N) is 2. The maximum absolute atomic E-state index is 13.2. The summed E-state index contributed by atoms with van der Waals surface area (Å²) in [7, 11) is 3.84. The van der Waals surface area contributed by atoms with Gasteiger partial charge in [-0.3, -0.25) is 9.59 Å². The van der Waals surface area contributed by atoms with Gasteiger partial charge in [-0.25, -0.2) is 0 Å². The topological polar surface area (TPSA) is 54.3 Å². The molecule has 1 amide bonds. The number of amides is 1. The van der Waals surface area contributed by atoms with E-state index in [-0.39, 0.29) is 17.7 Å². The quantitative estimate of drug-likeness (QED) is 0.808. The van der Waals surface area contributed by atoms with E-state index in [4.69, 9.17) is 0 Å². The van der Waals surface area contributed by atoms with Gasteiger partial charge in [0.1, 0.15) is 5.69 Å². The van der Waals surface area contributed by atoms with Crippen molar-refractivity contribution in [1.29, 1.82) is 0 Å². The van der Waals surface area contributed by atoms with E-state index in [0.29, 0.717) is 24.4 Å². The Balaban J connectivity index is 2.08. The van der Waals surface area contributed by atoms with Crippen molar-refractivity contribution in [3.05, 3.63) is 70.2 Å². The number of rotatable bonds is 5. The first kappa shape index (κ1) is 19.9. The molecule has 1 N–H and O–H groups in total. The average molecular weight is 380 g/mol. The Kier molecular flexibility index (Phi) is 5.73. The van der Waals surface area contributed by atoms with E-state index >= 15 is 0 Å². The summed E-state index contributed by atoms with van der Waals surface area (Å²) in [4.78, 5) is 28.0. The summed E-state index contributed by atoms with van der Waals surface area (Å²) in [5.74, 6) is -0.117. The molecule has 1 aromatic heterocycles. The lowest BCUT2D eigenvalue weighted by molar-refractivity contribution is 0.0934. The fourth-order valence-corrected chi connectivity index (χ4v) is 3.60. The SMILES string of the molecule is Cc1ccc(Cn2c(C(=O)NC(C)C)cc3c2C(=O)/C(=C/N(C)C)CC3)cc1. The predicted molar refractivity (Wildman–Crippen MR) is 112 cm³/mol. The van der Waals surface area contributed by atoms with E-state index in [1.54, 1.807) is 0 Å². The highest BCUT2D eigenvalue weighted by Crippen LogP contribution is 2.29. The number of carbonyl (C=O) groups excluding carboxylic acids is 2. The van der Waals surface area contributed by atoms with Crippen LogP contribution in [0.1, 0.15) is 57.9 Å². The van der Waals surface area contributed by atoms with Gasteiger partial charge in [-0.1, -0.05) is 29.8 Å². The molecule has 0 bridgehead atoms. The minimum absolute atomic E-state index is 0.0191. The van der Waals surface area contributed by atoms with Gasteiger partial charge in [0.2, 0.25) is 5.78 Å². The Morgan fingerprint density at radius 3 is 2.50 bits per heavy atom. The molecule has 1 heterocycles. The van der Waals surface area contributed by atoms with Crippen molar-refractivity contribution in [2.24, 2.45) is 0 Å². The molecular weight excluding hydrogens is 350 g/mol. The van der Waals surface area contributed by atoms with Gasteiger partial charge in [0.25, 0.3) is 5.91 Å². The number of hydrogen-bond acceptors (Lipinski definition) is 3. The minimum atomic E-state index is -0.137. The molecule has 2 aromatic rings. The molecule has 0 atom stereocenters. The van der Waals surface area contributed by atoms with Crippen molar-refractivity contribution >= 4 is 11.7 Å². The number of aromatic nitrogens is 1. The lowest BCUT2D eigenvalue weighted by Crippen LogP contribution is -2.32. The van der Waals surface area contributed by atoms with Crippen molar-refractivity contribution in [2.75, 3.05) is 14.1 Å².